The zero-order chi connectivity index (χ0) is 35.6. The van der Waals surface area contributed by atoms with Gasteiger partial charge in [-0.2, -0.15) is 4.98 Å². The minimum atomic E-state index is -2.07. The third kappa shape index (κ3) is 8.77. The first-order valence-electron chi connectivity index (χ1n) is 15.0. The second-order valence-corrected chi connectivity index (χ2v) is 14.8. The van der Waals surface area contributed by atoms with Gasteiger partial charge in [-0.3, -0.25) is 43.1 Å². The number of anilines is 1. The van der Waals surface area contributed by atoms with E-state index in [0.29, 0.717) is 0 Å². The fraction of sp³-hybridized carbons (Fsp3) is 0.643. The van der Waals surface area contributed by atoms with Crippen molar-refractivity contribution in [2.45, 2.75) is 86.5 Å². The van der Waals surface area contributed by atoms with Crippen LogP contribution < -0.4 is 16.3 Å². The average Bonchev–Trinajstić information content (AvgIpc) is 3.70. The highest BCUT2D eigenvalue weighted by atomic mass is 31.2. The molecular weight excluding hydrogens is 655 g/mol. The third-order valence-corrected chi connectivity index (χ3v) is 8.09. The molecule has 20 heteroatoms. The first-order valence-corrected chi connectivity index (χ1v) is 16.1. The summed E-state index contributed by atoms with van der Waals surface area (Å²) >= 11 is 0. The van der Waals surface area contributed by atoms with Gasteiger partial charge >= 0.3 is 11.9 Å². The van der Waals surface area contributed by atoms with Crippen LogP contribution in [-0.2, 0) is 44.2 Å². The molecule has 1 aliphatic heterocycles. The Hall–Kier alpha value is -3.87. The summed E-state index contributed by atoms with van der Waals surface area (Å²) in [5.74, 6) is -1.89. The van der Waals surface area contributed by atoms with Crippen molar-refractivity contribution < 1.29 is 47.9 Å². The Morgan fingerprint density at radius 1 is 1.04 bits per heavy atom. The van der Waals surface area contributed by atoms with Gasteiger partial charge in [-0.05, 0) is 41.5 Å². The number of nitrogens with one attached hydrogen (secondary N) is 2. The molecule has 1 amide bonds. The Kier molecular flexibility index (Phi) is 11.3. The van der Waals surface area contributed by atoms with Crippen molar-refractivity contribution in [2.75, 3.05) is 18.9 Å². The van der Waals surface area contributed by atoms with Crippen molar-refractivity contribution in [2.24, 2.45) is 16.7 Å². The van der Waals surface area contributed by atoms with E-state index in [1.807, 2.05) is 0 Å². The van der Waals surface area contributed by atoms with E-state index in [-0.39, 0.29) is 40.9 Å². The summed E-state index contributed by atoms with van der Waals surface area (Å²) in [4.78, 5) is 60.0. The highest BCUT2D eigenvalue weighted by molar-refractivity contribution is 7.55. The number of aliphatic hydroxyl groups excluding tert-OH is 2. The highest BCUT2D eigenvalue weighted by Crippen LogP contribution is 2.37. The van der Waals surface area contributed by atoms with Crippen molar-refractivity contribution in [3.05, 3.63) is 22.9 Å². The molecule has 3 aromatic heterocycles. The fourth-order valence-electron chi connectivity index (χ4n) is 4.05. The Bertz CT molecular complexity index is 1640. The first kappa shape index (κ1) is 37.0. The van der Waals surface area contributed by atoms with Crippen LogP contribution in [-0.4, -0.2) is 94.5 Å². The number of esters is 2. The Morgan fingerprint density at radius 2 is 1.65 bits per heavy atom. The molecule has 48 heavy (non-hydrogen) atoms. The van der Waals surface area contributed by atoms with Crippen LogP contribution in [0.15, 0.2) is 17.3 Å². The molecule has 1 fully saturated rings. The van der Waals surface area contributed by atoms with Gasteiger partial charge in [-0.25, -0.2) is 9.67 Å². The number of rotatable bonds is 12. The normalized spacial score (nSPS) is 20.1. The quantitative estimate of drug-likeness (QED) is 0.116. The minimum Gasteiger partial charge on any atom is -0.438 e. The van der Waals surface area contributed by atoms with Crippen LogP contribution in [0, 0.1) is 16.7 Å². The first-order chi connectivity index (χ1) is 22.4. The van der Waals surface area contributed by atoms with Crippen molar-refractivity contribution >= 4 is 48.8 Å². The van der Waals surface area contributed by atoms with Gasteiger partial charge in [0.15, 0.2) is 36.4 Å². The molecule has 4 atom stereocenters. The van der Waals surface area contributed by atoms with Gasteiger partial charge in [-0.1, -0.05) is 19.1 Å². The lowest BCUT2D eigenvalue weighted by Gasteiger charge is -2.20. The Balaban J connectivity index is 1.48. The van der Waals surface area contributed by atoms with Crippen molar-refractivity contribution in [1.82, 2.24) is 34.5 Å². The molecule has 4 unspecified atom stereocenters. The van der Waals surface area contributed by atoms with E-state index in [2.05, 4.69) is 30.6 Å². The van der Waals surface area contributed by atoms with Crippen LogP contribution in [0.2, 0.25) is 0 Å². The molecule has 0 bridgehead atoms. The van der Waals surface area contributed by atoms with Gasteiger partial charge in [0.2, 0.25) is 20.2 Å². The number of aromatic amines is 1. The van der Waals surface area contributed by atoms with Crippen LogP contribution in [0.4, 0.5) is 5.95 Å². The number of fused-ring (bicyclic) bond motifs is 1. The van der Waals surface area contributed by atoms with Crippen LogP contribution in [0.25, 0.3) is 11.2 Å². The maximum absolute atomic E-state index is 12.6. The predicted molar refractivity (Wildman–Crippen MR) is 167 cm³/mol. The van der Waals surface area contributed by atoms with E-state index in [4.69, 9.17) is 23.3 Å². The number of nitrogens with zero attached hydrogens (tertiary/aromatic N) is 6. The van der Waals surface area contributed by atoms with Crippen LogP contribution in [0.3, 0.4) is 0 Å². The summed E-state index contributed by atoms with van der Waals surface area (Å²) in [6, 6.07) is 0. The Labute approximate surface area is 276 Å². The van der Waals surface area contributed by atoms with E-state index in [1.165, 1.54) is 21.8 Å². The highest BCUT2D eigenvalue weighted by Gasteiger charge is 2.45. The van der Waals surface area contributed by atoms with E-state index in [9.17, 15) is 29.4 Å². The van der Waals surface area contributed by atoms with E-state index < -0.39 is 74.8 Å². The molecule has 19 nitrogen and oxygen atoms in total. The molecule has 4 rings (SSSR count). The number of hydrogen-bond donors (Lipinski definition) is 4. The standard InChI is InChI=1S/C28H41N8O11P/c1-14(2)21(39)31-26-30-20-17(22(40)32-26)29-11-36(20)23-19(38)18(37)15(47-23)9-35-10-16(33-34-35)48(45-12-43-24(41)27(3,4)5)46-13-44-25(42)28(6,7)8/h10-11,14-15,18-19,23,37-38H,9,12-13H2,1-8H3,(H2,30,31,32,39,40). The summed E-state index contributed by atoms with van der Waals surface area (Å²) in [6.07, 6.45) is -2.43. The third-order valence-electron chi connectivity index (χ3n) is 6.83. The lowest BCUT2D eigenvalue weighted by atomic mass is 9.98. The minimum absolute atomic E-state index is 0.0111. The summed E-state index contributed by atoms with van der Waals surface area (Å²) in [7, 11) is -2.07. The smallest absolute Gasteiger partial charge is 0.313 e. The molecule has 0 radical (unpaired) electrons. The zero-order valence-corrected chi connectivity index (χ0v) is 28.8. The summed E-state index contributed by atoms with van der Waals surface area (Å²) in [5.41, 5.74) is -2.06. The molecule has 0 spiro atoms. The van der Waals surface area contributed by atoms with Gasteiger partial charge in [0.25, 0.3) is 5.56 Å². The van der Waals surface area contributed by atoms with Crippen molar-refractivity contribution in [3.63, 3.8) is 0 Å². The van der Waals surface area contributed by atoms with Crippen LogP contribution >= 0.6 is 8.38 Å². The number of hydrogen-bond acceptors (Lipinski definition) is 15. The molecule has 4 N–H and O–H groups in total. The number of H-pyrrole nitrogens is 1. The Morgan fingerprint density at radius 3 is 2.21 bits per heavy atom. The zero-order valence-electron chi connectivity index (χ0n) is 27.9. The molecule has 4 heterocycles. The van der Waals surface area contributed by atoms with Gasteiger partial charge in [-0.15, -0.1) is 5.10 Å². The number of ether oxygens (including phenoxy) is 3. The number of aliphatic hydroxyl groups is 2. The molecule has 1 saturated heterocycles. The predicted octanol–water partition coefficient (Wildman–Crippen LogP) is 0.689. The monoisotopic (exact) mass is 696 g/mol. The number of aromatic nitrogens is 7. The summed E-state index contributed by atoms with van der Waals surface area (Å²) in [6.45, 7) is 12.4. The number of amides is 1. The second kappa shape index (κ2) is 14.7. The largest absolute Gasteiger partial charge is 0.438 e. The molecule has 1 aliphatic rings. The van der Waals surface area contributed by atoms with Gasteiger partial charge in [0.05, 0.1) is 29.9 Å². The van der Waals surface area contributed by atoms with Crippen molar-refractivity contribution in [3.8, 4) is 0 Å². The topological polar surface area (TPSA) is 244 Å². The molecule has 0 aliphatic carbocycles. The van der Waals surface area contributed by atoms with Gasteiger partial charge < -0.3 is 24.4 Å². The van der Waals surface area contributed by atoms with Crippen molar-refractivity contribution in [1.29, 1.82) is 0 Å². The maximum atomic E-state index is 12.6. The second-order valence-electron chi connectivity index (χ2n) is 13.3. The van der Waals surface area contributed by atoms with Gasteiger partial charge in [0.1, 0.15) is 18.3 Å². The van der Waals surface area contributed by atoms with E-state index >= 15 is 0 Å². The SMILES string of the molecule is CC(C)C(=O)Nc1nc2c(ncn2C2OC(Cn3cc(P(OCOC(=O)C(C)(C)C)OCOC(=O)C(C)(C)C)nn3)C(O)C2O)c(=O)[nH]1. The lowest BCUT2D eigenvalue weighted by molar-refractivity contribution is -0.161. The molecule has 0 aromatic carbocycles. The maximum Gasteiger partial charge on any atom is 0.313 e. The molecule has 3 aromatic rings. The number of carbonyl (C=O) groups is 3. The summed E-state index contributed by atoms with van der Waals surface area (Å²) < 4.78 is 30.2. The lowest BCUT2D eigenvalue weighted by Crippen LogP contribution is -2.34. The average molecular weight is 697 g/mol. The number of carbonyl (C=O) groups excluding carboxylic acids is 3. The van der Waals surface area contributed by atoms with Crippen LogP contribution in [0.1, 0.15) is 61.6 Å². The number of imidazole rings is 1. The summed E-state index contributed by atoms with van der Waals surface area (Å²) in [5, 5.41) is 32.4. The van der Waals surface area contributed by atoms with Crippen LogP contribution in [0.5, 0.6) is 0 Å². The van der Waals surface area contributed by atoms with E-state index in [0.717, 1.165) is 0 Å². The van der Waals surface area contributed by atoms with Gasteiger partial charge in [0, 0.05) is 5.92 Å². The fourth-order valence-corrected chi connectivity index (χ4v) is 5.02. The molecule has 264 valence electrons. The molecule has 0 saturated carbocycles. The molecular formula is C28H41N8O11P. The van der Waals surface area contributed by atoms with E-state index in [1.54, 1.807) is 55.4 Å².